The first-order chi connectivity index (χ1) is 7.24. The van der Waals surface area contributed by atoms with E-state index in [1.54, 1.807) is 0 Å². The van der Waals surface area contributed by atoms with E-state index in [-0.39, 0.29) is 18.1 Å². The molecule has 1 amide bonds. The normalized spacial score (nSPS) is 23.5. The summed E-state index contributed by atoms with van der Waals surface area (Å²) in [6, 6.07) is -0.0162. The van der Waals surface area contributed by atoms with Crippen LogP contribution in [-0.4, -0.2) is 36.2 Å². The van der Waals surface area contributed by atoms with E-state index in [9.17, 15) is 9.90 Å². The van der Waals surface area contributed by atoms with Crippen LogP contribution in [-0.2, 0) is 4.79 Å². The Bertz CT molecular complexity index is 191. The zero-order chi connectivity index (χ0) is 11.1. The van der Waals surface area contributed by atoms with Crippen LogP contribution in [0.4, 0.5) is 0 Å². The minimum Gasteiger partial charge on any atom is -0.393 e. The van der Waals surface area contributed by atoms with Gasteiger partial charge in [0.2, 0.25) is 5.91 Å². The van der Waals surface area contributed by atoms with E-state index >= 15 is 0 Å². The Hall–Kier alpha value is -0.610. The molecule has 0 aliphatic carbocycles. The lowest BCUT2D eigenvalue weighted by atomic mass is 10.0. The van der Waals surface area contributed by atoms with Gasteiger partial charge in [0.05, 0.1) is 12.1 Å². The fourth-order valence-corrected chi connectivity index (χ4v) is 1.76. The van der Waals surface area contributed by atoms with Crippen LogP contribution < -0.4 is 10.6 Å². The van der Waals surface area contributed by atoms with Gasteiger partial charge < -0.3 is 15.7 Å². The summed E-state index contributed by atoms with van der Waals surface area (Å²) in [4.78, 5) is 11.6. The number of aliphatic hydroxyl groups excluding tert-OH is 1. The number of piperidine rings is 1. The molecule has 0 aromatic rings. The zero-order valence-corrected chi connectivity index (χ0v) is 9.46. The van der Waals surface area contributed by atoms with E-state index < -0.39 is 0 Å². The first kappa shape index (κ1) is 12.5. The smallest absolute Gasteiger partial charge is 0.237 e. The summed E-state index contributed by atoms with van der Waals surface area (Å²) in [5, 5.41) is 15.4. The second kappa shape index (κ2) is 6.80. The molecule has 1 heterocycles. The van der Waals surface area contributed by atoms with Crippen LogP contribution in [0.5, 0.6) is 0 Å². The number of carbonyl (C=O) groups is 1. The van der Waals surface area contributed by atoms with Crippen molar-refractivity contribution in [2.24, 2.45) is 0 Å². The summed E-state index contributed by atoms with van der Waals surface area (Å²) in [6.07, 6.45) is 4.33. The van der Waals surface area contributed by atoms with E-state index in [0.29, 0.717) is 13.0 Å². The molecule has 88 valence electrons. The van der Waals surface area contributed by atoms with Gasteiger partial charge in [-0.2, -0.15) is 0 Å². The zero-order valence-electron chi connectivity index (χ0n) is 9.46. The summed E-state index contributed by atoms with van der Waals surface area (Å²) in [6.45, 7) is 3.46. The maximum Gasteiger partial charge on any atom is 0.237 e. The first-order valence-corrected chi connectivity index (χ1v) is 5.93. The third-order valence-electron chi connectivity index (χ3n) is 2.87. The summed E-state index contributed by atoms with van der Waals surface area (Å²) >= 11 is 0. The molecule has 0 saturated carbocycles. The lowest BCUT2D eigenvalue weighted by molar-refractivity contribution is -0.123. The number of nitrogens with one attached hydrogen (secondary N) is 2. The van der Waals surface area contributed by atoms with Gasteiger partial charge in [0.15, 0.2) is 0 Å². The Morgan fingerprint density at radius 3 is 3.00 bits per heavy atom. The number of hydrogen-bond donors (Lipinski definition) is 3. The summed E-state index contributed by atoms with van der Waals surface area (Å²) in [5.41, 5.74) is 0. The van der Waals surface area contributed by atoms with Crippen LogP contribution in [0.25, 0.3) is 0 Å². The molecule has 1 fully saturated rings. The van der Waals surface area contributed by atoms with Gasteiger partial charge in [0.25, 0.3) is 0 Å². The molecule has 4 heteroatoms. The van der Waals surface area contributed by atoms with Gasteiger partial charge in [-0.1, -0.05) is 13.3 Å². The average molecular weight is 214 g/mol. The van der Waals surface area contributed by atoms with E-state index in [4.69, 9.17) is 0 Å². The largest absolute Gasteiger partial charge is 0.393 e. The molecule has 0 bridgehead atoms. The number of carbonyl (C=O) groups excluding carboxylic acids is 1. The number of hydrogen-bond acceptors (Lipinski definition) is 3. The number of aliphatic hydroxyl groups is 1. The van der Waals surface area contributed by atoms with Crippen molar-refractivity contribution in [3.8, 4) is 0 Å². The highest BCUT2D eigenvalue weighted by molar-refractivity contribution is 5.81. The van der Waals surface area contributed by atoms with Crippen molar-refractivity contribution >= 4 is 5.91 Å². The first-order valence-electron chi connectivity index (χ1n) is 5.93. The minimum absolute atomic E-state index is 0.0162. The van der Waals surface area contributed by atoms with E-state index in [1.165, 1.54) is 6.42 Å². The molecule has 1 aliphatic heterocycles. The topological polar surface area (TPSA) is 61.4 Å². The van der Waals surface area contributed by atoms with Crippen LogP contribution in [0.2, 0.25) is 0 Å². The standard InChI is InChI=1S/C11H22N2O2/c1-2-9(14)6-8-13-11(15)10-5-3-4-7-12-10/h9-10,12,14H,2-8H2,1H3,(H,13,15)/t9?,10-/m1/s1. The molecular formula is C11H22N2O2. The van der Waals surface area contributed by atoms with Crippen LogP contribution in [0.3, 0.4) is 0 Å². The number of amides is 1. The van der Waals surface area contributed by atoms with Gasteiger partial charge >= 0.3 is 0 Å². The molecule has 1 aliphatic rings. The van der Waals surface area contributed by atoms with E-state index in [0.717, 1.165) is 25.8 Å². The second-order valence-corrected chi connectivity index (χ2v) is 4.14. The Balaban J connectivity index is 2.12. The van der Waals surface area contributed by atoms with Crippen molar-refractivity contribution < 1.29 is 9.90 Å². The quantitative estimate of drug-likeness (QED) is 0.621. The van der Waals surface area contributed by atoms with Crippen molar-refractivity contribution in [2.75, 3.05) is 13.1 Å². The van der Waals surface area contributed by atoms with Gasteiger partial charge in [-0.15, -0.1) is 0 Å². The molecule has 15 heavy (non-hydrogen) atoms. The highest BCUT2D eigenvalue weighted by atomic mass is 16.3. The van der Waals surface area contributed by atoms with Crippen LogP contribution in [0, 0.1) is 0 Å². The third kappa shape index (κ3) is 4.62. The summed E-state index contributed by atoms with van der Waals surface area (Å²) in [7, 11) is 0. The summed E-state index contributed by atoms with van der Waals surface area (Å²) in [5.74, 6) is 0.0815. The van der Waals surface area contributed by atoms with Gasteiger partial charge in [-0.3, -0.25) is 4.79 Å². The van der Waals surface area contributed by atoms with E-state index in [2.05, 4.69) is 10.6 Å². The van der Waals surface area contributed by atoms with Gasteiger partial charge in [0, 0.05) is 6.54 Å². The monoisotopic (exact) mass is 214 g/mol. The SMILES string of the molecule is CCC(O)CCNC(=O)[C@H]1CCCCN1. The van der Waals surface area contributed by atoms with Crippen LogP contribution >= 0.6 is 0 Å². The Kier molecular flexibility index (Phi) is 5.65. The third-order valence-corrected chi connectivity index (χ3v) is 2.87. The van der Waals surface area contributed by atoms with Crippen LogP contribution in [0.1, 0.15) is 39.0 Å². The van der Waals surface area contributed by atoms with Gasteiger partial charge in [-0.05, 0) is 32.2 Å². The van der Waals surface area contributed by atoms with E-state index in [1.807, 2.05) is 6.92 Å². The average Bonchev–Trinajstić information content (AvgIpc) is 2.29. The molecule has 2 atom stereocenters. The van der Waals surface area contributed by atoms with Crippen molar-refractivity contribution in [3.05, 3.63) is 0 Å². The molecule has 0 aromatic carbocycles. The molecule has 1 unspecified atom stereocenters. The lowest BCUT2D eigenvalue weighted by Gasteiger charge is -2.22. The van der Waals surface area contributed by atoms with Crippen LogP contribution in [0.15, 0.2) is 0 Å². The predicted octanol–water partition coefficient (Wildman–Crippen LogP) is 0.406. The highest BCUT2D eigenvalue weighted by Gasteiger charge is 2.19. The van der Waals surface area contributed by atoms with Gasteiger partial charge in [-0.25, -0.2) is 0 Å². The predicted molar refractivity (Wildman–Crippen MR) is 59.6 cm³/mol. The van der Waals surface area contributed by atoms with Crippen molar-refractivity contribution in [3.63, 3.8) is 0 Å². The molecule has 1 rings (SSSR count). The molecule has 0 radical (unpaired) electrons. The van der Waals surface area contributed by atoms with Crippen molar-refractivity contribution in [2.45, 2.75) is 51.2 Å². The Morgan fingerprint density at radius 1 is 1.60 bits per heavy atom. The Labute approximate surface area is 91.4 Å². The fourth-order valence-electron chi connectivity index (χ4n) is 1.76. The molecular weight excluding hydrogens is 192 g/mol. The molecule has 0 aromatic heterocycles. The molecule has 3 N–H and O–H groups in total. The molecule has 4 nitrogen and oxygen atoms in total. The maximum atomic E-state index is 11.6. The highest BCUT2D eigenvalue weighted by Crippen LogP contribution is 2.06. The van der Waals surface area contributed by atoms with Crippen molar-refractivity contribution in [1.29, 1.82) is 0 Å². The number of rotatable bonds is 5. The molecule has 1 saturated heterocycles. The van der Waals surface area contributed by atoms with Gasteiger partial charge in [0.1, 0.15) is 0 Å². The minimum atomic E-state index is -0.287. The summed E-state index contributed by atoms with van der Waals surface area (Å²) < 4.78 is 0. The van der Waals surface area contributed by atoms with Crippen molar-refractivity contribution in [1.82, 2.24) is 10.6 Å². The Morgan fingerprint density at radius 2 is 2.40 bits per heavy atom. The molecule has 0 spiro atoms. The maximum absolute atomic E-state index is 11.6. The lowest BCUT2D eigenvalue weighted by Crippen LogP contribution is -2.47. The fraction of sp³-hybridized carbons (Fsp3) is 0.909. The second-order valence-electron chi connectivity index (χ2n) is 4.14.